The highest BCUT2D eigenvalue weighted by Crippen LogP contribution is 2.34. The van der Waals surface area contributed by atoms with Gasteiger partial charge in [-0.3, -0.25) is 18.6 Å². The Morgan fingerprint density at radius 3 is 2.35 bits per heavy atom. The number of anilines is 2. The van der Waals surface area contributed by atoms with E-state index in [1.54, 1.807) is 30.3 Å². The summed E-state index contributed by atoms with van der Waals surface area (Å²) in [6, 6.07) is 12.3. The Hall–Kier alpha value is -3.40. The van der Waals surface area contributed by atoms with Crippen LogP contribution in [0.5, 0.6) is 11.5 Å². The second kappa shape index (κ2) is 12.7. The molecular weight excluding hydrogens is 494 g/mol. The number of rotatable bonds is 9. The summed E-state index contributed by atoms with van der Waals surface area (Å²) < 4.78 is 23.9. The molecule has 37 heavy (non-hydrogen) atoms. The summed E-state index contributed by atoms with van der Waals surface area (Å²) in [5, 5.41) is 5.72. The van der Waals surface area contributed by atoms with Gasteiger partial charge in [0.2, 0.25) is 17.7 Å². The first-order valence-electron chi connectivity index (χ1n) is 12.6. The molecule has 0 spiro atoms. The van der Waals surface area contributed by atoms with Crippen molar-refractivity contribution in [3.63, 3.8) is 0 Å². The lowest BCUT2D eigenvalue weighted by atomic mass is 9.95. The monoisotopic (exact) mass is 527 g/mol. The molecule has 9 nitrogen and oxygen atoms in total. The van der Waals surface area contributed by atoms with Gasteiger partial charge in [0.05, 0.1) is 0 Å². The van der Waals surface area contributed by atoms with Crippen molar-refractivity contribution in [2.45, 2.75) is 45.1 Å². The fourth-order valence-corrected chi connectivity index (χ4v) is 5.33. The Balaban J connectivity index is 1.42. The molecule has 1 heterocycles. The Labute approximate surface area is 219 Å². The summed E-state index contributed by atoms with van der Waals surface area (Å²) in [6.45, 7) is 2.53. The van der Waals surface area contributed by atoms with E-state index in [4.69, 9.17) is 9.47 Å². The van der Waals surface area contributed by atoms with E-state index >= 15 is 0 Å². The molecule has 0 saturated heterocycles. The third-order valence-corrected chi connectivity index (χ3v) is 7.48. The van der Waals surface area contributed by atoms with E-state index in [0.29, 0.717) is 36.1 Å². The number of amides is 3. The van der Waals surface area contributed by atoms with Gasteiger partial charge < -0.3 is 25.0 Å². The molecule has 0 radical (unpaired) electrons. The van der Waals surface area contributed by atoms with Crippen LogP contribution < -0.4 is 25.0 Å². The van der Waals surface area contributed by atoms with Gasteiger partial charge in [0.1, 0.15) is 31.3 Å². The maximum Gasteiger partial charge on any atom is 0.240 e. The highest BCUT2D eigenvalue weighted by atomic mass is 32.2. The Kier molecular flexibility index (Phi) is 9.16. The second-order valence-electron chi connectivity index (χ2n) is 9.35. The van der Waals surface area contributed by atoms with Gasteiger partial charge in [0.15, 0.2) is 11.5 Å². The van der Waals surface area contributed by atoms with E-state index in [-0.39, 0.29) is 24.2 Å². The zero-order valence-electron chi connectivity index (χ0n) is 21.0. The molecule has 2 aromatic carbocycles. The molecule has 1 fully saturated rings. The summed E-state index contributed by atoms with van der Waals surface area (Å²) >= 11 is 0. The van der Waals surface area contributed by atoms with Gasteiger partial charge in [-0.25, -0.2) is 0 Å². The molecule has 1 atom stereocenters. The molecule has 2 N–H and O–H groups in total. The minimum Gasteiger partial charge on any atom is -0.486 e. The van der Waals surface area contributed by atoms with Crippen molar-refractivity contribution < 1.29 is 28.1 Å². The lowest BCUT2D eigenvalue weighted by molar-refractivity contribution is -0.123. The van der Waals surface area contributed by atoms with Gasteiger partial charge in [0, 0.05) is 34.3 Å². The summed E-state index contributed by atoms with van der Waals surface area (Å²) in [5.74, 6) is -0.931. The number of nitrogens with one attached hydrogen (secondary N) is 2. The van der Waals surface area contributed by atoms with Crippen molar-refractivity contribution in [3.05, 3.63) is 48.0 Å². The maximum absolute atomic E-state index is 13.3. The molecule has 1 saturated carbocycles. The molecule has 0 bridgehead atoms. The number of hydrogen-bond donors (Lipinski definition) is 2. The van der Waals surface area contributed by atoms with E-state index in [1.807, 2.05) is 19.1 Å². The summed E-state index contributed by atoms with van der Waals surface area (Å²) in [7, 11) is -1.77. The predicted octanol–water partition coefficient (Wildman–Crippen LogP) is 2.94. The van der Waals surface area contributed by atoms with Crippen molar-refractivity contribution in [2.24, 2.45) is 0 Å². The molecule has 1 aliphatic carbocycles. The quantitative estimate of drug-likeness (QED) is 0.518. The highest BCUT2D eigenvalue weighted by Gasteiger charge is 2.25. The van der Waals surface area contributed by atoms with Crippen molar-refractivity contribution in [1.82, 2.24) is 5.32 Å². The number of ether oxygens (including phenoxy) is 2. The fourth-order valence-electron chi connectivity index (χ4n) is 4.43. The van der Waals surface area contributed by atoms with Crippen LogP contribution in [0, 0.1) is 6.92 Å². The van der Waals surface area contributed by atoms with Crippen LogP contribution in [0.4, 0.5) is 11.4 Å². The van der Waals surface area contributed by atoms with Crippen molar-refractivity contribution >= 4 is 39.9 Å². The number of hydrogen-bond acceptors (Lipinski definition) is 6. The summed E-state index contributed by atoms with van der Waals surface area (Å²) in [4.78, 5) is 39.8. The average molecular weight is 528 g/mol. The van der Waals surface area contributed by atoms with Crippen molar-refractivity contribution in [2.75, 3.05) is 41.5 Å². The Morgan fingerprint density at radius 1 is 0.919 bits per heavy atom. The molecule has 0 unspecified atom stereocenters. The van der Waals surface area contributed by atoms with Gasteiger partial charge in [-0.2, -0.15) is 0 Å². The number of fused-ring (bicyclic) bond motifs is 1. The zero-order valence-corrected chi connectivity index (χ0v) is 21.8. The first-order valence-corrected chi connectivity index (χ1v) is 14.1. The van der Waals surface area contributed by atoms with Crippen LogP contribution in [-0.2, 0) is 25.2 Å². The van der Waals surface area contributed by atoms with Crippen LogP contribution in [0.25, 0.3) is 0 Å². The number of carbonyl (C=O) groups is 3. The first-order chi connectivity index (χ1) is 17.9. The molecule has 0 aromatic heterocycles. The number of nitrogens with zero attached hydrogens (tertiary/aromatic N) is 1. The Morgan fingerprint density at radius 2 is 1.62 bits per heavy atom. The third kappa shape index (κ3) is 7.79. The average Bonchev–Trinajstić information content (AvgIpc) is 2.88. The highest BCUT2D eigenvalue weighted by molar-refractivity contribution is 7.86. The second-order valence-corrected chi connectivity index (χ2v) is 10.8. The molecule has 3 amide bonds. The summed E-state index contributed by atoms with van der Waals surface area (Å²) in [6.07, 6.45) is 5.14. The molecule has 10 heteroatoms. The van der Waals surface area contributed by atoms with Crippen LogP contribution in [0.15, 0.2) is 42.5 Å². The lowest BCUT2D eigenvalue weighted by Crippen LogP contribution is -2.46. The number of carbonyl (C=O) groups excluding carboxylic acids is 3. The third-order valence-electron chi connectivity index (χ3n) is 6.32. The SMILES string of the molecule is Cc1ccc(NC(=O)C[S@@](=O)CC(=O)N(CC(=O)NC2CCCCC2)c2ccc3c(c2)OCCO3)cc1. The first kappa shape index (κ1) is 26.7. The van der Waals surface area contributed by atoms with Crippen molar-refractivity contribution in [3.8, 4) is 11.5 Å². The molecule has 1 aliphatic heterocycles. The van der Waals surface area contributed by atoms with Crippen LogP contribution >= 0.6 is 0 Å². The molecule has 4 rings (SSSR count). The topological polar surface area (TPSA) is 114 Å². The van der Waals surface area contributed by atoms with Gasteiger partial charge in [-0.05, 0) is 44.0 Å². The minimum atomic E-state index is -1.77. The lowest BCUT2D eigenvalue weighted by Gasteiger charge is -2.27. The molecular formula is C27H33N3O6S. The molecule has 2 aliphatic rings. The number of benzene rings is 2. The van der Waals surface area contributed by atoms with E-state index in [9.17, 15) is 18.6 Å². The Bertz CT molecular complexity index is 1150. The van der Waals surface area contributed by atoms with E-state index in [1.165, 1.54) is 4.90 Å². The fraction of sp³-hybridized carbons (Fsp3) is 0.444. The predicted molar refractivity (Wildman–Crippen MR) is 142 cm³/mol. The van der Waals surface area contributed by atoms with Crippen molar-refractivity contribution in [1.29, 1.82) is 0 Å². The number of aryl methyl sites for hydroxylation is 1. The van der Waals surface area contributed by atoms with Gasteiger partial charge in [-0.15, -0.1) is 0 Å². The standard InChI is InChI=1S/C27H33N3O6S/c1-19-7-9-21(10-8-19)29-26(32)17-37(34)18-27(33)30(16-25(31)28-20-5-3-2-4-6-20)22-11-12-23-24(15-22)36-14-13-35-23/h7-12,15,20H,2-6,13-14,16-18H2,1H3,(H,28,31)(H,29,32)/t37-/m1/s1. The van der Waals surface area contributed by atoms with Crippen LogP contribution in [0.3, 0.4) is 0 Å². The van der Waals surface area contributed by atoms with Crippen LogP contribution in [0.1, 0.15) is 37.7 Å². The summed E-state index contributed by atoms with van der Waals surface area (Å²) in [5.41, 5.74) is 2.09. The largest absolute Gasteiger partial charge is 0.486 e. The van der Waals surface area contributed by atoms with E-state index in [0.717, 1.165) is 37.7 Å². The van der Waals surface area contributed by atoms with Gasteiger partial charge in [-0.1, -0.05) is 37.0 Å². The minimum absolute atomic E-state index is 0.0954. The zero-order chi connectivity index (χ0) is 26.2. The van der Waals surface area contributed by atoms with Crippen LogP contribution in [-0.4, -0.2) is 59.2 Å². The van der Waals surface area contributed by atoms with Gasteiger partial charge >= 0.3 is 0 Å². The van der Waals surface area contributed by atoms with E-state index in [2.05, 4.69) is 10.6 Å². The molecule has 2 aromatic rings. The normalized spacial score (nSPS) is 15.9. The smallest absolute Gasteiger partial charge is 0.240 e. The molecule has 198 valence electrons. The van der Waals surface area contributed by atoms with E-state index < -0.39 is 28.4 Å². The van der Waals surface area contributed by atoms with Gasteiger partial charge in [0.25, 0.3) is 0 Å². The van der Waals surface area contributed by atoms with Crippen LogP contribution in [0.2, 0.25) is 0 Å². The maximum atomic E-state index is 13.3.